The highest BCUT2D eigenvalue weighted by molar-refractivity contribution is 6.00. The number of alkyl halides is 3. The number of benzene rings is 1. The summed E-state index contributed by atoms with van der Waals surface area (Å²) in [6.45, 7) is 1.62. The van der Waals surface area contributed by atoms with Crippen molar-refractivity contribution < 1.29 is 22.7 Å². The minimum Gasteiger partial charge on any atom is -0.406 e. The number of hydrogen-bond acceptors (Lipinski definition) is 4. The standard InChI is InChI=1S/C15H12F3N3O2/c1-10(20-21-14(22)12-6-8-19-9-7-12)11-2-4-13(5-3-11)23-15(16,17)18/h2-9H,1H3,(H,21,22). The molecule has 23 heavy (non-hydrogen) atoms. The van der Waals surface area contributed by atoms with Gasteiger partial charge in [-0.2, -0.15) is 5.10 Å². The summed E-state index contributed by atoms with van der Waals surface area (Å²) in [6.07, 6.45) is -1.78. The van der Waals surface area contributed by atoms with E-state index in [4.69, 9.17) is 0 Å². The third-order valence-corrected chi connectivity index (χ3v) is 2.77. The maximum atomic E-state index is 12.1. The van der Waals surface area contributed by atoms with Crippen LogP contribution in [0.25, 0.3) is 0 Å². The summed E-state index contributed by atoms with van der Waals surface area (Å²) in [5.41, 5.74) is 3.74. The van der Waals surface area contributed by atoms with Gasteiger partial charge in [0.25, 0.3) is 5.91 Å². The molecule has 1 aromatic carbocycles. The molecule has 0 spiro atoms. The lowest BCUT2D eigenvalue weighted by Crippen LogP contribution is -2.19. The van der Waals surface area contributed by atoms with E-state index in [1.54, 1.807) is 6.92 Å². The van der Waals surface area contributed by atoms with Crippen LogP contribution in [0.5, 0.6) is 5.75 Å². The quantitative estimate of drug-likeness (QED) is 0.694. The van der Waals surface area contributed by atoms with Crippen molar-refractivity contribution in [2.45, 2.75) is 13.3 Å². The van der Waals surface area contributed by atoms with Gasteiger partial charge in [0.15, 0.2) is 0 Å². The van der Waals surface area contributed by atoms with Gasteiger partial charge in [-0.3, -0.25) is 9.78 Å². The molecule has 120 valence electrons. The molecule has 2 aromatic rings. The molecule has 0 atom stereocenters. The van der Waals surface area contributed by atoms with E-state index in [-0.39, 0.29) is 5.75 Å². The summed E-state index contributed by atoms with van der Waals surface area (Å²) in [7, 11) is 0. The van der Waals surface area contributed by atoms with Crippen LogP contribution < -0.4 is 10.2 Å². The second-order valence-corrected chi connectivity index (χ2v) is 4.45. The number of amides is 1. The maximum absolute atomic E-state index is 12.1. The van der Waals surface area contributed by atoms with Crippen LogP contribution in [0.4, 0.5) is 13.2 Å². The van der Waals surface area contributed by atoms with Crippen molar-refractivity contribution in [3.05, 3.63) is 59.9 Å². The summed E-state index contributed by atoms with van der Waals surface area (Å²) in [6, 6.07) is 8.24. The predicted molar refractivity (Wildman–Crippen MR) is 77.0 cm³/mol. The lowest BCUT2D eigenvalue weighted by molar-refractivity contribution is -0.274. The van der Waals surface area contributed by atoms with Crippen LogP contribution in [0.2, 0.25) is 0 Å². The van der Waals surface area contributed by atoms with Gasteiger partial charge in [-0.25, -0.2) is 5.43 Å². The predicted octanol–water partition coefficient (Wildman–Crippen LogP) is 3.13. The first-order valence-corrected chi connectivity index (χ1v) is 6.46. The number of carbonyl (C=O) groups excluding carboxylic acids is 1. The van der Waals surface area contributed by atoms with E-state index in [1.165, 1.54) is 48.8 Å². The summed E-state index contributed by atoms with van der Waals surface area (Å²) in [5.74, 6) is -0.737. The number of hydrogen-bond donors (Lipinski definition) is 1. The second kappa shape index (κ2) is 6.91. The van der Waals surface area contributed by atoms with Crippen LogP contribution in [0, 0.1) is 0 Å². The third-order valence-electron chi connectivity index (χ3n) is 2.77. The molecule has 0 aliphatic heterocycles. The Kier molecular flexibility index (Phi) is 4.95. The number of nitrogens with one attached hydrogen (secondary N) is 1. The van der Waals surface area contributed by atoms with Gasteiger partial charge in [0, 0.05) is 18.0 Å². The van der Waals surface area contributed by atoms with E-state index in [9.17, 15) is 18.0 Å². The maximum Gasteiger partial charge on any atom is 0.573 e. The molecule has 0 fully saturated rings. The SMILES string of the molecule is CC(=NNC(=O)c1ccncc1)c1ccc(OC(F)(F)F)cc1. The van der Waals surface area contributed by atoms with Crippen molar-refractivity contribution >= 4 is 11.6 Å². The minimum absolute atomic E-state index is 0.324. The van der Waals surface area contributed by atoms with Crippen LogP contribution >= 0.6 is 0 Å². The Morgan fingerprint density at radius 2 is 1.70 bits per heavy atom. The van der Waals surface area contributed by atoms with Gasteiger partial charge < -0.3 is 4.74 Å². The van der Waals surface area contributed by atoms with Crippen molar-refractivity contribution in [1.29, 1.82) is 0 Å². The molecule has 8 heteroatoms. The number of nitrogens with zero attached hydrogens (tertiary/aromatic N) is 2. The van der Waals surface area contributed by atoms with Crippen molar-refractivity contribution in [1.82, 2.24) is 10.4 Å². The average molecular weight is 323 g/mol. The molecule has 2 rings (SSSR count). The molecule has 0 aliphatic carbocycles. The van der Waals surface area contributed by atoms with Gasteiger partial charge in [-0.15, -0.1) is 13.2 Å². The molecule has 1 N–H and O–H groups in total. The monoisotopic (exact) mass is 323 g/mol. The van der Waals surface area contributed by atoms with Crippen molar-refractivity contribution in [3.63, 3.8) is 0 Å². The highest BCUT2D eigenvalue weighted by Crippen LogP contribution is 2.22. The van der Waals surface area contributed by atoms with E-state index < -0.39 is 12.3 Å². The number of carbonyl (C=O) groups is 1. The van der Waals surface area contributed by atoms with Crippen molar-refractivity contribution in [3.8, 4) is 5.75 Å². The van der Waals surface area contributed by atoms with Gasteiger partial charge in [-0.1, -0.05) is 0 Å². The van der Waals surface area contributed by atoms with Gasteiger partial charge in [0.2, 0.25) is 0 Å². The summed E-state index contributed by atoms with van der Waals surface area (Å²) in [4.78, 5) is 15.6. The smallest absolute Gasteiger partial charge is 0.406 e. The Morgan fingerprint density at radius 3 is 2.26 bits per heavy atom. The molecule has 1 amide bonds. The van der Waals surface area contributed by atoms with Crippen LogP contribution in [0.3, 0.4) is 0 Å². The summed E-state index contributed by atoms with van der Waals surface area (Å²) >= 11 is 0. The number of rotatable bonds is 4. The summed E-state index contributed by atoms with van der Waals surface area (Å²) in [5, 5.41) is 3.91. The van der Waals surface area contributed by atoms with Gasteiger partial charge >= 0.3 is 6.36 Å². The van der Waals surface area contributed by atoms with E-state index in [2.05, 4.69) is 20.2 Å². The highest BCUT2D eigenvalue weighted by atomic mass is 19.4. The Hall–Kier alpha value is -2.90. The second-order valence-electron chi connectivity index (χ2n) is 4.45. The molecule has 0 saturated heterocycles. The number of hydrazone groups is 1. The molecule has 1 heterocycles. The zero-order valence-corrected chi connectivity index (χ0v) is 12.0. The third kappa shape index (κ3) is 5.10. The molecule has 5 nitrogen and oxygen atoms in total. The number of ether oxygens (including phenoxy) is 1. The highest BCUT2D eigenvalue weighted by Gasteiger charge is 2.30. The molecular weight excluding hydrogens is 311 g/mol. The van der Waals surface area contributed by atoms with E-state index >= 15 is 0 Å². The van der Waals surface area contributed by atoms with Crippen molar-refractivity contribution in [2.24, 2.45) is 5.10 Å². The largest absolute Gasteiger partial charge is 0.573 e. The van der Waals surface area contributed by atoms with Crippen molar-refractivity contribution in [2.75, 3.05) is 0 Å². The minimum atomic E-state index is -4.73. The average Bonchev–Trinajstić information content (AvgIpc) is 2.52. The van der Waals surface area contributed by atoms with Gasteiger partial charge in [0.05, 0.1) is 5.71 Å². The van der Waals surface area contributed by atoms with Crippen LogP contribution in [0.1, 0.15) is 22.8 Å². The fraction of sp³-hybridized carbons (Fsp3) is 0.133. The first kappa shape index (κ1) is 16.5. The zero-order valence-electron chi connectivity index (χ0n) is 12.0. The number of pyridine rings is 1. The molecule has 0 aliphatic rings. The lowest BCUT2D eigenvalue weighted by atomic mass is 10.1. The Morgan fingerprint density at radius 1 is 1.09 bits per heavy atom. The Balaban J connectivity index is 2.02. The molecule has 1 aromatic heterocycles. The first-order chi connectivity index (χ1) is 10.8. The fourth-order valence-corrected chi connectivity index (χ4v) is 1.66. The van der Waals surface area contributed by atoms with E-state index in [1.807, 2.05) is 0 Å². The van der Waals surface area contributed by atoms with Crippen LogP contribution in [0.15, 0.2) is 53.9 Å². The van der Waals surface area contributed by atoms with E-state index in [0.29, 0.717) is 16.8 Å². The first-order valence-electron chi connectivity index (χ1n) is 6.46. The summed E-state index contributed by atoms with van der Waals surface area (Å²) < 4.78 is 40.0. The number of halogens is 3. The molecule has 0 bridgehead atoms. The normalized spacial score (nSPS) is 11.9. The topological polar surface area (TPSA) is 63.6 Å². The van der Waals surface area contributed by atoms with E-state index in [0.717, 1.165) is 0 Å². The van der Waals surface area contributed by atoms with Gasteiger partial charge in [-0.05, 0) is 48.9 Å². The molecule has 0 radical (unpaired) electrons. The zero-order chi connectivity index (χ0) is 16.9. The Labute approximate surface area is 129 Å². The van der Waals surface area contributed by atoms with Gasteiger partial charge in [0.1, 0.15) is 5.75 Å². The number of aromatic nitrogens is 1. The van der Waals surface area contributed by atoms with Crippen LogP contribution in [-0.4, -0.2) is 23.0 Å². The molecule has 0 unspecified atom stereocenters. The van der Waals surface area contributed by atoms with Crippen LogP contribution in [-0.2, 0) is 0 Å². The lowest BCUT2D eigenvalue weighted by Gasteiger charge is -2.09. The molecular formula is C15H12F3N3O2. The molecule has 0 saturated carbocycles. The fourth-order valence-electron chi connectivity index (χ4n) is 1.66. The Bertz CT molecular complexity index is 698.